The lowest BCUT2D eigenvalue weighted by molar-refractivity contribution is 0.122. The van der Waals surface area contributed by atoms with Crippen LogP contribution in [-0.2, 0) is 4.74 Å². The Morgan fingerprint density at radius 3 is 2.74 bits per heavy atom. The number of hydrogen-bond donors (Lipinski definition) is 1. The molecule has 0 unspecified atom stereocenters. The van der Waals surface area contributed by atoms with E-state index >= 15 is 0 Å². The highest BCUT2D eigenvalue weighted by Crippen LogP contribution is 2.15. The minimum atomic E-state index is 0.805. The number of anilines is 2. The number of unbranched alkanes of at least 4 members (excludes halogenated alkanes) is 3. The van der Waals surface area contributed by atoms with Crippen LogP contribution in [0.2, 0.25) is 0 Å². The molecule has 2 heterocycles. The van der Waals surface area contributed by atoms with Gasteiger partial charge in [0.25, 0.3) is 0 Å². The van der Waals surface area contributed by atoms with Gasteiger partial charge in [-0.05, 0) is 18.6 Å². The third kappa shape index (κ3) is 4.71. The Labute approximate surface area is 116 Å². The highest BCUT2D eigenvalue weighted by Gasteiger charge is 2.11. The summed E-state index contributed by atoms with van der Waals surface area (Å²) in [5, 5.41) is 3.43. The van der Waals surface area contributed by atoms with E-state index in [1.807, 2.05) is 6.20 Å². The quantitative estimate of drug-likeness (QED) is 0.768. The van der Waals surface area contributed by atoms with Gasteiger partial charge in [-0.2, -0.15) is 0 Å². The number of aromatic nitrogens is 1. The molecule has 1 N–H and O–H groups in total. The fraction of sp³-hybridized carbons (Fsp3) is 0.667. The van der Waals surface area contributed by atoms with E-state index in [1.54, 1.807) is 0 Å². The lowest BCUT2D eigenvalue weighted by atomic mass is 10.2. The lowest BCUT2D eigenvalue weighted by Crippen LogP contribution is -2.36. The largest absolute Gasteiger partial charge is 0.384 e. The number of nitrogens with one attached hydrogen (secondary N) is 1. The molecule has 0 aromatic carbocycles. The molecule has 4 heteroatoms. The summed E-state index contributed by atoms with van der Waals surface area (Å²) in [6, 6.07) is 4.22. The highest BCUT2D eigenvalue weighted by atomic mass is 16.5. The van der Waals surface area contributed by atoms with E-state index in [1.165, 1.54) is 25.7 Å². The van der Waals surface area contributed by atoms with Gasteiger partial charge in [0, 0.05) is 19.6 Å². The van der Waals surface area contributed by atoms with Gasteiger partial charge in [-0.3, -0.25) is 0 Å². The van der Waals surface area contributed by atoms with Crippen LogP contribution in [0.25, 0.3) is 0 Å². The second-order valence-corrected chi connectivity index (χ2v) is 4.99. The molecule has 106 valence electrons. The van der Waals surface area contributed by atoms with Crippen molar-refractivity contribution in [2.75, 3.05) is 43.1 Å². The minimum Gasteiger partial charge on any atom is -0.384 e. The SMILES string of the molecule is CCCCCCNc1ccc(N2CCOCC2)nc1. The van der Waals surface area contributed by atoms with Gasteiger partial charge in [0.15, 0.2) is 0 Å². The Kier molecular flexibility index (Phi) is 5.95. The molecule has 0 bridgehead atoms. The van der Waals surface area contributed by atoms with Crippen molar-refractivity contribution in [2.45, 2.75) is 32.6 Å². The van der Waals surface area contributed by atoms with Crippen molar-refractivity contribution in [3.05, 3.63) is 18.3 Å². The number of pyridine rings is 1. The van der Waals surface area contributed by atoms with Gasteiger partial charge in [-0.15, -0.1) is 0 Å². The number of ether oxygens (including phenoxy) is 1. The van der Waals surface area contributed by atoms with Crippen molar-refractivity contribution in [3.8, 4) is 0 Å². The van der Waals surface area contributed by atoms with Crippen molar-refractivity contribution in [3.63, 3.8) is 0 Å². The molecule has 1 aromatic heterocycles. The maximum Gasteiger partial charge on any atom is 0.128 e. The van der Waals surface area contributed by atoms with Crippen LogP contribution in [0, 0.1) is 0 Å². The molecule has 1 fully saturated rings. The summed E-state index contributed by atoms with van der Waals surface area (Å²) in [5.74, 6) is 1.06. The first-order chi connectivity index (χ1) is 9.40. The second-order valence-electron chi connectivity index (χ2n) is 4.99. The number of rotatable bonds is 7. The van der Waals surface area contributed by atoms with Crippen LogP contribution in [0.1, 0.15) is 32.6 Å². The predicted molar refractivity (Wildman–Crippen MR) is 79.9 cm³/mol. The van der Waals surface area contributed by atoms with E-state index in [-0.39, 0.29) is 0 Å². The maximum atomic E-state index is 5.35. The van der Waals surface area contributed by atoms with E-state index in [4.69, 9.17) is 4.74 Å². The fourth-order valence-electron chi connectivity index (χ4n) is 2.25. The van der Waals surface area contributed by atoms with E-state index in [2.05, 4.69) is 34.3 Å². The van der Waals surface area contributed by atoms with Gasteiger partial charge < -0.3 is 15.0 Å². The van der Waals surface area contributed by atoms with Gasteiger partial charge in [-0.25, -0.2) is 4.98 Å². The average molecular weight is 263 g/mol. The van der Waals surface area contributed by atoms with Crippen molar-refractivity contribution in [1.29, 1.82) is 0 Å². The number of nitrogens with zero attached hydrogens (tertiary/aromatic N) is 2. The first kappa shape index (κ1) is 14.1. The van der Waals surface area contributed by atoms with E-state index in [0.29, 0.717) is 0 Å². The Bertz CT molecular complexity index is 347. The molecule has 1 saturated heterocycles. The monoisotopic (exact) mass is 263 g/mol. The van der Waals surface area contributed by atoms with Crippen LogP contribution in [0.3, 0.4) is 0 Å². The van der Waals surface area contributed by atoms with Gasteiger partial charge in [0.1, 0.15) is 5.82 Å². The minimum absolute atomic E-state index is 0.805. The smallest absolute Gasteiger partial charge is 0.128 e. The molecular weight excluding hydrogens is 238 g/mol. The molecule has 1 aliphatic heterocycles. The zero-order valence-corrected chi connectivity index (χ0v) is 11.9. The second kappa shape index (κ2) is 8.00. The van der Waals surface area contributed by atoms with Gasteiger partial charge in [-0.1, -0.05) is 26.2 Å². The van der Waals surface area contributed by atoms with Crippen LogP contribution >= 0.6 is 0 Å². The van der Waals surface area contributed by atoms with E-state index in [0.717, 1.165) is 44.4 Å². The average Bonchev–Trinajstić information content (AvgIpc) is 2.49. The summed E-state index contributed by atoms with van der Waals surface area (Å²) in [6.07, 6.45) is 7.10. The van der Waals surface area contributed by atoms with Gasteiger partial charge in [0.05, 0.1) is 25.1 Å². The third-order valence-electron chi connectivity index (χ3n) is 3.44. The Hall–Kier alpha value is -1.29. The highest BCUT2D eigenvalue weighted by molar-refractivity contribution is 5.48. The third-order valence-corrected chi connectivity index (χ3v) is 3.44. The molecular formula is C15H25N3O. The van der Waals surface area contributed by atoms with Gasteiger partial charge >= 0.3 is 0 Å². The fourth-order valence-corrected chi connectivity index (χ4v) is 2.25. The molecule has 2 rings (SSSR count). The summed E-state index contributed by atoms with van der Waals surface area (Å²) in [4.78, 5) is 6.80. The standard InChI is InChI=1S/C15H25N3O/c1-2-3-4-5-8-16-14-6-7-15(17-13-14)18-9-11-19-12-10-18/h6-7,13,16H,2-5,8-12H2,1H3. The van der Waals surface area contributed by atoms with Crippen LogP contribution in [0.4, 0.5) is 11.5 Å². The number of morpholine rings is 1. The van der Waals surface area contributed by atoms with Crippen molar-refractivity contribution < 1.29 is 4.74 Å². The Morgan fingerprint density at radius 1 is 1.21 bits per heavy atom. The normalized spacial score (nSPS) is 15.5. The molecule has 1 aliphatic rings. The van der Waals surface area contributed by atoms with Crippen molar-refractivity contribution in [2.24, 2.45) is 0 Å². The van der Waals surface area contributed by atoms with Crippen molar-refractivity contribution in [1.82, 2.24) is 4.98 Å². The first-order valence-corrected chi connectivity index (χ1v) is 7.43. The maximum absolute atomic E-state index is 5.35. The molecule has 0 spiro atoms. The van der Waals surface area contributed by atoms with Crippen molar-refractivity contribution >= 4 is 11.5 Å². The molecule has 1 aromatic rings. The number of hydrogen-bond acceptors (Lipinski definition) is 4. The molecule has 0 amide bonds. The topological polar surface area (TPSA) is 37.4 Å². The molecule has 0 atom stereocenters. The Morgan fingerprint density at radius 2 is 2.05 bits per heavy atom. The summed E-state index contributed by atoms with van der Waals surface area (Å²) >= 11 is 0. The predicted octanol–water partition coefficient (Wildman–Crippen LogP) is 2.91. The van der Waals surface area contributed by atoms with Crippen LogP contribution < -0.4 is 10.2 Å². The van der Waals surface area contributed by atoms with Crippen LogP contribution in [0.15, 0.2) is 18.3 Å². The molecule has 0 aliphatic carbocycles. The molecule has 19 heavy (non-hydrogen) atoms. The molecule has 0 saturated carbocycles. The molecule has 4 nitrogen and oxygen atoms in total. The zero-order chi connectivity index (χ0) is 13.3. The van der Waals surface area contributed by atoms with E-state index < -0.39 is 0 Å². The summed E-state index contributed by atoms with van der Waals surface area (Å²) in [5.41, 5.74) is 1.12. The van der Waals surface area contributed by atoms with E-state index in [9.17, 15) is 0 Å². The van der Waals surface area contributed by atoms with Gasteiger partial charge in [0.2, 0.25) is 0 Å². The first-order valence-electron chi connectivity index (χ1n) is 7.43. The van der Waals surface area contributed by atoms with Crippen LogP contribution in [0.5, 0.6) is 0 Å². The summed E-state index contributed by atoms with van der Waals surface area (Å²) in [7, 11) is 0. The lowest BCUT2D eigenvalue weighted by Gasteiger charge is -2.27. The zero-order valence-electron chi connectivity index (χ0n) is 11.9. The van der Waals surface area contributed by atoms with Crippen LogP contribution in [-0.4, -0.2) is 37.8 Å². The summed E-state index contributed by atoms with van der Waals surface area (Å²) < 4.78 is 5.35. The molecule has 0 radical (unpaired) electrons. The Balaban J connectivity index is 1.74. The summed E-state index contributed by atoms with van der Waals surface area (Å²) in [6.45, 7) is 6.77.